The van der Waals surface area contributed by atoms with Crippen molar-refractivity contribution >= 4 is 5.69 Å². The van der Waals surface area contributed by atoms with Crippen LogP contribution in [0.2, 0.25) is 0 Å². The fourth-order valence-electron chi connectivity index (χ4n) is 1.76. The zero-order valence-electron chi connectivity index (χ0n) is 10.6. The number of unbranched alkanes of at least 4 members (excludes halogenated alkanes) is 2. The van der Waals surface area contributed by atoms with Crippen LogP contribution in [0.1, 0.15) is 44.3 Å². The maximum absolute atomic E-state index is 10.0. The SMILES string of the molecule is CCCCCC(O)c1cccc(N(C)C)c1. The average Bonchev–Trinajstić information content (AvgIpc) is 2.29. The first-order valence-electron chi connectivity index (χ1n) is 6.10. The van der Waals surface area contributed by atoms with Gasteiger partial charge in [-0.05, 0) is 24.1 Å². The molecule has 0 saturated heterocycles. The van der Waals surface area contributed by atoms with E-state index in [1.807, 2.05) is 26.2 Å². The van der Waals surface area contributed by atoms with Crippen molar-refractivity contribution in [3.8, 4) is 0 Å². The first-order valence-corrected chi connectivity index (χ1v) is 6.10. The molecule has 0 fully saturated rings. The quantitative estimate of drug-likeness (QED) is 0.744. The predicted molar refractivity (Wildman–Crippen MR) is 69.9 cm³/mol. The predicted octanol–water partition coefficient (Wildman–Crippen LogP) is 3.37. The third-order valence-corrected chi connectivity index (χ3v) is 2.85. The zero-order chi connectivity index (χ0) is 12.0. The monoisotopic (exact) mass is 221 g/mol. The molecule has 0 radical (unpaired) electrons. The second-order valence-corrected chi connectivity index (χ2v) is 4.50. The second-order valence-electron chi connectivity index (χ2n) is 4.50. The maximum atomic E-state index is 10.0. The highest BCUT2D eigenvalue weighted by Gasteiger charge is 2.07. The summed E-state index contributed by atoms with van der Waals surface area (Å²) in [6, 6.07) is 8.14. The van der Waals surface area contributed by atoms with Gasteiger partial charge in [-0.2, -0.15) is 0 Å². The van der Waals surface area contributed by atoms with E-state index in [4.69, 9.17) is 0 Å². The first kappa shape index (κ1) is 13.0. The van der Waals surface area contributed by atoms with Crippen LogP contribution in [0.3, 0.4) is 0 Å². The molecule has 1 rings (SSSR count). The van der Waals surface area contributed by atoms with Crippen LogP contribution in [0.4, 0.5) is 5.69 Å². The normalized spacial score (nSPS) is 12.5. The molecule has 0 aliphatic carbocycles. The molecule has 0 spiro atoms. The molecule has 0 aromatic heterocycles. The minimum absolute atomic E-state index is 0.313. The van der Waals surface area contributed by atoms with Crippen molar-refractivity contribution in [2.45, 2.75) is 38.7 Å². The van der Waals surface area contributed by atoms with Crippen LogP contribution in [0.15, 0.2) is 24.3 Å². The molecule has 1 aromatic rings. The van der Waals surface area contributed by atoms with Gasteiger partial charge in [0, 0.05) is 19.8 Å². The molecule has 1 aromatic carbocycles. The molecule has 0 bridgehead atoms. The zero-order valence-corrected chi connectivity index (χ0v) is 10.6. The van der Waals surface area contributed by atoms with Gasteiger partial charge < -0.3 is 10.0 Å². The van der Waals surface area contributed by atoms with E-state index < -0.39 is 0 Å². The lowest BCUT2D eigenvalue weighted by Gasteiger charge is -2.16. The van der Waals surface area contributed by atoms with Gasteiger partial charge in [0.15, 0.2) is 0 Å². The second kappa shape index (κ2) is 6.54. The van der Waals surface area contributed by atoms with Gasteiger partial charge >= 0.3 is 0 Å². The smallest absolute Gasteiger partial charge is 0.0790 e. The molecule has 0 saturated carbocycles. The van der Waals surface area contributed by atoms with E-state index in [9.17, 15) is 5.11 Å². The highest BCUT2D eigenvalue weighted by Crippen LogP contribution is 2.23. The Morgan fingerprint density at radius 2 is 2.00 bits per heavy atom. The molecule has 0 aliphatic rings. The number of nitrogens with zero attached hydrogens (tertiary/aromatic N) is 1. The number of anilines is 1. The van der Waals surface area contributed by atoms with Crippen LogP contribution >= 0.6 is 0 Å². The van der Waals surface area contributed by atoms with Gasteiger partial charge in [0.1, 0.15) is 0 Å². The van der Waals surface area contributed by atoms with Crippen LogP contribution in [0.25, 0.3) is 0 Å². The van der Waals surface area contributed by atoms with Gasteiger partial charge in [-0.25, -0.2) is 0 Å². The molecular formula is C14H23NO. The molecule has 2 heteroatoms. The lowest BCUT2D eigenvalue weighted by molar-refractivity contribution is 0.163. The third kappa shape index (κ3) is 3.86. The Morgan fingerprint density at radius 3 is 2.62 bits per heavy atom. The van der Waals surface area contributed by atoms with Gasteiger partial charge in [0.05, 0.1) is 6.10 Å². The van der Waals surface area contributed by atoms with Crippen molar-refractivity contribution in [1.29, 1.82) is 0 Å². The minimum Gasteiger partial charge on any atom is -0.388 e. The van der Waals surface area contributed by atoms with Gasteiger partial charge in [0.25, 0.3) is 0 Å². The average molecular weight is 221 g/mol. The van der Waals surface area contributed by atoms with E-state index in [1.54, 1.807) is 0 Å². The molecule has 2 nitrogen and oxygen atoms in total. The van der Waals surface area contributed by atoms with E-state index in [-0.39, 0.29) is 6.10 Å². The van der Waals surface area contributed by atoms with Crippen LogP contribution in [-0.2, 0) is 0 Å². The minimum atomic E-state index is -0.313. The summed E-state index contributed by atoms with van der Waals surface area (Å²) in [7, 11) is 4.03. The van der Waals surface area contributed by atoms with Crippen molar-refractivity contribution in [2.24, 2.45) is 0 Å². The molecule has 16 heavy (non-hydrogen) atoms. The van der Waals surface area contributed by atoms with Crippen LogP contribution < -0.4 is 4.90 Å². The summed E-state index contributed by atoms with van der Waals surface area (Å²) in [4.78, 5) is 2.06. The Balaban J connectivity index is 2.60. The molecular weight excluding hydrogens is 198 g/mol. The molecule has 90 valence electrons. The molecule has 0 heterocycles. The first-order chi connectivity index (χ1) is 7.65. The van der Waals surface area contributed by atoms with Gasteiger partial charge in [-0.3, -0.25) is 0 Å². The van der Waals surface area contributed by atoms with Gasteiger partial charge in [-0.15, -0.1) is 0 Å². The van der Waals surface area contributed by atoms with Gasteiger partial charge in [-0.1, -0.05) is 38.3 Å². The number of aliphatic hydroxyl groups excluding tert-OH is 1. The standard InChI is InChI=1S/C14H23NO/c1-4-5-6-10-14(16)12-8-7-9-13(11-12)15(2)3/h7-9,11,14,16H,4-6,10H2,1-3H3. The number of benzene rings is 1. The van der Waals surface area contributed by atoms with E-state index in [2.05, 4.69) is 24.0 Å². The van der Waals surface area contributed by atoms with Crippen LogP contribution in [0, 0.1) is 0 Å². The Bertz CT molecular complexity index is 309. The van der Waals surface area contributed by atoms with Crippen molar-refractivity contribution < 1.29 is 5.11 Å². The van der Waals surface area contributed by atoms with Crippen molar-refractivity contribution in [3.05, 3.63) is 29.8 Å². The summed E-state index contributed by atoms with van der Waals surface area (Å²) in [6.07, 6.45) is 4.05. The van der Waals surface area contributed by atoms with Crippen molar-refractivity contribution in [2.75, 3.05) is 19.0 Å². The number of hydrogen-bond acceptors (Lipinski definition) is 2. The summed E-state index contributed by atoms with van der Waals surface area (Å²) >= 11 is 0. The van der Waals surface area contributed by atoms with E-state index in [0.29, 0.717) is 0 Å². The molecule has 0 aliphatic heterocycles. The molecule has 1 unspecified atom stereocenters. The lowest BCUT2D eigenvalue weighted by Crippen LogP contribution is -2.09. The number of hydrogen-bond donors (Lipinski definition) is 1. The topological polar surface area (TPSA) is 23.5 Å². The Morgan fingerprint density at radius 1 is 1.25 bits per heavy atom. The molecule has 0 amide bonds. The van der Waals surface area contributed by atoms with Crippen molar-refractivity contribution in [1.82, 2.24) is 0 Å². The van der Waals surface area contributed by atoms with Crippen molar-refractivity contribution in [3.63, 3.8) is 0 Å². The van der Waals surface area contributed by atoms with E-state index >= 15 is 0 Å². The molecule has 1 N–H and O–H groups in total. The third-order valence-electron chi connectivity index (χ3n) is 2.85. The summed E-state index contributed by atoms with van der Waals surface area (Å²) in [6.45, 7) is 2.18. The summed E-state index contributed by atoms with van der Waals surface area (Å²) in [5.41, 5.74) is 2.18. The largest absolute Gasteiger partial charge is 0.388 e. The van der Waals surface area contributed by atoms with Crippen LogP contribution in [0.5, 0.6) is 0 Å². The Kier molecular flexibility index (Phi) is 5.33. The fourth-order valence-corrected chi connectivity index (χ4v) is 1.76. The number of rotatable bonds is 6. The highest BCUT2D eigenvalue weighted by atomic mass is 16.3. The lowest BCUT2D eigenvalue weighted by atomic mass is 10.0. The number of aliphatic hydroxyl groups is 1. The maximum Gasteiger partial charge on any atom is 0.0790 e. The molecule has 1 atom stereocenters. The summed E-state index contributed by atoms with van der Waals surface area (Å²) in [5, 5.41) is 10.0. The highest BCUT2D eigenvalue weighted by molar-refractivity contribution is 5.47. The Hall–Kier alpha value is -1.02. The summed E-state index contributed by atoms with van der Waals surface area (Å²) < 4.78 is 0. The fraction of sp³-hybridized carbons (Fsp3) is 0.571. The Labute approximate surface area is 98.9 Å². The van der Waals surface area contributed by atoms with E-state index in [1.165, 1.54) is 12.8 Å². The van der Waals surface area contributed by atoms with Gasteiger partial charge in [0.2, 0.25) is 0 Å². The summed E-state index contributed by atoms with van der Waals surface area (Å²) in [5.74, 6) is 0. The van der Waals surface area contributed by atoms with Crippen LogP contribution in [-0.4, -0.2) is 19.2 Å². The van der Waals surface area contributed by atoms with E-state index in [0.717, 1.165) is 24.1 Å².